The van der Waals surface area contributed by atoms with E-state index in [4.69, 9.17) is 0 Å². The number of rotatable bonds is 5. The summed E-state index contributed by atoms with van der Waals surface area (Å²) in [7, 11) is 0. The molecule has 0 amide bonds. The van der Waals surface area contributed by atoms with Crippen LogP contribution in [0.25, 0.3) is 21.9 Å². The molecular weight excluding hydrogens is 310 g/mol. The average Bonchev–Trinajstić information content (AvgIpc) is 3.12. The number of fused-ring (bicyclic) bond motifs is 2. The summed E-state index contributed by atoms with van der Waals surface area (Å²) >= 11 is 0. The van der Waals surface area contributed by atoms with Gasteiger partial charge in [0.2, 0.25) is 0 Å². The maximum Gasteiger partial charge on any atom is 0.137 e. The number of aromatic amines is 1. The fourth-order valence-corrected chi connectivity index (χ4v) is 2.85. The van der Waals surface area contributed by atoms with Crippen molar-refractivity contribution in [3.8, 4) is 0 Å². The summed E-state index contributed by atoms with van der Waals surface area (Å²) in [6, 6.07) is 14.7. The lowest BCUT2D eigenvalue weighted by Crippen LogP contribution is -2.18. The lowest BCUT2D eigenvalue weighted by atomic mass is 10.1. The van der Waals surface area contributed by atoms with Crippen molar-refractivity contribution in [1.29, 1.82) is 0 Å². The molecule has 2 N–H and O–H groups in total. The molecule has 3 heterocycles. The zero-order valence-corrected chi connectivity index (χ0v) is 14.0. The lowest BCUT2D eigenvalue weighted by Gasteiger charge is -2.13. The van der Waals surface area contributed by atoms with Gasteiger partial charge < -0.3 is 4.98 Å². The summed E-state index contributed by atoms with van der Waals surface area (Å²) in [6.45, 7) is 2.69. The highest BCUT2D eigenvalue weighted by Gasteiger charge is 2.05. The molecule has 4 aromatic rings. The fraction of sp³-hybridized carbons (Fsp3) is 0.150. The fourth-order valence-electron chi connectivity index (χ4n) is 2.85. The van der Waals surface area contributed by atoms with Crippen molar-refractivity contribution in [2.24, 2.45) is 4.99 Å². The summed E-state index contributed by atoms with van der Waals surface area (Å²) in [6.07, 6.45) is 7.38. The Bertz CT molecular complexity index is 1030. The van der Waals surface area contributed by atoms with Crippen LogP contribution in [0.5, 0.6) is 0 Å². The SMILES string of the molecule is CC(NCN=Cc1cnc2[nH]ccc2c1)c1ccc2ncccc2c1. The van der Waals surface area contributed by atoms with E-state index in [9.17, 15) is 0 Å². The van der Waals surface area contributed by atoms with Gasteiger partial charge in [-0.1, -0.05) is 12.1 Å². The Kier molecular flexibility index (Phi) is 4.23. The Hall–Kier alpha value is -3.05. The molecule has 0 saturated carbocycles. The van der Waals surface area contributed by atoms with Crippen LogP contribution in [0.15, 0.2) is 66.0 Å². The summed E-state index contributed by atoms with van der Waals surface area (Å²) in [5.41, 5.74) is 4.14. The highest BCUT2D eigenvalue weighted by atomic mass is 15.0. The van der Waals surface area contributed by atoms with Crippen LogP contribution in [0.1, 0.15) is 24.1 Å². The van der Waals surface area contributed by atoms with Gasteiger partial charge in [-0.2, -0.15) is 0 Å². The van der Waals surface area contributed by atoms with Crippen molar-refractivity contribution >= 4 is 28.2 Å². The number of aliphatic imine (C=N–C) groups is 1. The standard InChI is InChI=1S/C20H19N5/c1-14(16-4-5-19-17(10-16)3-2-7-22-19)25-13-21-11-15-9-18-6-8-23-20(18)24-12-15/h2-12,14,25H,13H2,1H3,(H,23,24). The highest BCUT2D eigenvalue weighted by molar-refractivity contribution is 5.86. The Balaban J connectivity index is 1.39. The quantitative estimate of drug-likeness (QED) is 0.547. The third-order valence-corrected chi connectivity index (χ3v) is 4.28. The molecule has 1 aromatic carbocycles. The van der Waals surface area contributed by atoms with Gasteiger partial charge in [-0.05, 0) is 42.8 Å². The van der Waals surface area contributed by atoms with Crippen LogP contribution < -0.4 is 5.32 Å². The second kappa shape index (κ2) is 6.83. The van der Waals surface area contributed by atoms with Gasteiger partial charge in [0, 0.05) is 47.2 Å². The zero-order valence-electron chi connectivity index (χ0n) is 14.0. The predicted octanol–water partition coefficient (Wildman–Crippen LogP) is 3.84. The molecule has 0 aliphatic heterocycles. The van der Waals surface area contributed by atoms with Gasteiger partial charge >= 0.3 is 0 Å². The summed E-state index contributed by atoms with van der Waals surface area (Å²) in [5, 5.41) is 5.67. The normalized spacial score (nSPS) is 13.0. The van der Waals surface area contributed by atoms with Crippen LogP contribution in [-0.4, -0.2) is 27.8 Å². The molecule has 4 rings (SSSR count). The third-order valence-electron chi connectivity index (χ3n) is 4.28. The molecule has 0 radical (unpaired) electrons. The van der Waals surface area contributed by atoms with E-state index in [1.807, 2.05) is 36.9 Å². The van der Waals surface area contributed by atoms with Gasteiger partial charge in [0.1, 0.15) is 5.65 Å². The lowest BCUT2D eigenvalue weighted by molar-refractivity contribution is 0.590. The first kappa shape index (κ1) is 15.5. The van der Waals surface area contributed by atoms with E-state index >= 15 is 0 Å². The molecular formula is C20H19N5. The van der Waals surface area contributed by atoms with E-state index in [1.165, 1.54) is 5.56 Å². The van der Waals surface area contributed by atoms with Crippen LogP contribution in [0.4, 0.5) is 0 Å². The van der Waals surface area contributed by atoms with Crippen molar-refractivity contribution < 1.29 is 0 Å². The van der Waals surface area contributed by atoms with Crippen LogP contribution in [0.3, 0.4) is 0 Å². The van der Waals surface area contributed by atoms with Crippen molar-refractivity contribution in [2.45, 2.75) is 13.0 Å². The van der Waals surface area contributed by atoms with E-state index in [0.29, 0.717) is 6.67 Å². The number of hydrogen-bond donors (Lipinski definition) is 2. The first-order valence-corrected chi connectivity index (χ1v) is 8.31. The zero-order chi connectivity index (χ0) is 17.1. The number of benzene rings is 1. The summed E-state index contributed by atoms with van der Waals surface area (Å²) in [4.78, 5) is 16.3. The molecule has 0 aliphatic carbocycles. The number of nitrogens with one attached hydrogen (secondary N) is 2. The Labute approximate surface area is 145 Å². The molecule has 1 atom stereocenters. The van der Waals surface area contributed by atoms with E-state index in [-0.39, 0.29) is 6.04 Å². The molecule has 124 valence electrons. The predicted molar refractivity (Wildman–Crippen MR) is 102 cm³/mol. The van der Waals surface area contributed by atoms with Crippen LogP contribution in [0.2, 0.25) is 0 Å². The van der Waals surface area contributed by atoms with Crippen LogP contribution in [0, 0.1) is 0 Å². The number of hydrogen-bond acceptors (Lipinski definition) is 4. The third kappa shape index (κ3) is 3.41. The smallest absolute Gasteiger partial charge is 0.137 e. The molecule has 1 unspecified atom stereocenters. The van der Waals surface area contributed by atoms with Crippen molar-refractivity contribution in [3.63, 3.8) is 0 Å². The highest BCUT2D eigenvalue weighted by Crippen LogP contribution is 2.18. The molecule has 0 bridgehead atoms. The van der Waals surface area contributed by atoms with Gasteiger partial charge in [0.15, 0.2) is 0 Å². The summed E-state index contributed by atoms with van der Waals surface area (Å²) in [5.74, 6) is 0. The minimum Gasteiger partial charge on any atom is -0.346 e. The summed E-state index contributed by atoms with van der Waals surface area (Å²) < 4.78 is 0. The average molecular weight is 329 g/mol. The number of aromatic nitrogens is 3. The molecule has 0 saturated heterocycles. The van der Waals surface area contributed by atoms with Gasteiger partial charge in [-0.25, -0.2) is 4.98 Å². The van der Waals surface area contributed by atoms with Crippen LogP contribution >= 0.6 is 0 Å². The molecule has 0 spiro atoms. The number of pyridine rings is 2. The molecule has 5 nitrogen and oxygen atoms in total. The Morgan fingerprint density at radius 2 is 2.12 bits per heavy atom. The maximum absolute atomic E-state index is 4.46. The maximum atomic E-state index is 4.46. The van der Waals surface area contributed by atoms with Gasteiger partial charge in [0.05, 0.1) is 12.2 Å². The first-order chi connectivity index (χ1) is 12.3. The molecule has 5 heteroatoms. The van der Waals surface area contributed by atoms with E-state index < -0.39 is 0 Å². The van der Waals surface area contributed by atoms with E-state index in [2.05, 4.69) is 62.5 Å². The Morgan fingerprint density at radius 3 is 3.08 bits per heavy atom. The monoisotopic (exact) mass is 329 g/mol. The van der Waals surface area contributed by atoms with Crippen LogP contribution in [-0.2, 0) is 0 Å². The van der Waals surface area contributed by atoms with Gasteiger partial charge in [-0.15, -0.1) is 0 Å². The van der Waals surface area contributed by atoms with Crippen molar-refractivity contribution in [1.82, 2.24) is 20.3 Å². The van der Waals surface area contributed by atoms with Crippen molar-refractivity contribution in [3.05, 3.63) is 72.2 Å². The molecule has 25 heavy (non-hydrogen) atoms. The van der Waals surface area contributed by atoms with Crippen molar-refractivity contribution in [2.75, 3.05) is 6.67 Å². The minimum atomic E-state index is 0.215. The second-order valence-electron chi connectivity index (χ2n) is 6.04. The molecule has 0 aliphatic rings. The van der Waals surface area contributed by atoms with E-state index in [0.717, 1.165) is 27.5 Å². The van der Waals surface area contributed by atoms with E-state index in [1.54, 1.807) is 0 Å². The topological polar surface area (TPSA) is 66.0 Å². The van der Waals surface area contributed by atoms with Gasteiger partial charge in [0.25, 0.3) is 0 Å². The second-order valence-corrected chi connectivity index (χ2v) is 6.04. The number of nitrogens with zero attached hydrogens (tertiary/aromatic N) is 3. The molecule has 0 fully saturated rings. The first-order valence-electron chi connectivity index (χ1n) is 8.31. The largest absolute Gasteiger partial charge is 0.346 e. The number of H-pyrrole nitrogens is 1. The minimum absolute atomic E-state index is 0.215. The Morgan fingerprint density at radius 1 is 1.16 bits per heavy atom. The molecule has 3 aromatic heterocycles. The van der Waals surface area contributed by atoms with Gasteiger partial charge in [-0.3, -0.25) is 15.3 Å².